The normalized spacial score (nSPS) is 11.2. The molecule has 1 aromatic heterocycles. The number of carbonyl (C=O) groups excluding carboxylic acids is 3. The molecule has 0 aliphatic carbocycles. The Labute approximate surface area is 174 Å². The number of benzene rings is 1. The number of ketones is 1. The summed E-state index contributed by atoms with van der Waals surface area (Å²) in [4.78, 5) is 38.8. The van der Waals surface area contributed by atoms with Crippen molar-refractivity contribution in [2.24, 2.45) is 0 Å². The Bertz CT molecular complexity index is 1100. The van der Waals surface area contributed by atoms with Crippen molar-refractivity contribution in [1.29, 1.82) is 0 Å². The Morgan fingerprint density at radius 2 is 1.73 bits per heavy atom. The fourth-order valence-electron chi connectivity index (χ4n) is 2.82. The molecule has 0 aliphatic heterocycles. The number of ether oxygens (including phenoxy) is 2. The number of carbonyl (C=O) groups is 3. The largest absolute Gasteiger partial charge is 0.465 e. The van der Waals surface area contributed by atoms with Crippen LogP contribution in [0.3, 0.4) is 0 Å². The minimum atomic E-state index is -3.90. The van der Waals surface area contributed by atoms with Gasteiger partial charge >= 0.3 is 11.9 Å². The van der Waals surface area contributed by atoms with Crippen LogP contribution in [0.4, 0.5) is 0 Å². The van der Waals surface area contributed by atoms with E-state index in [1.807, 2.05) is 6.92 Å². The summed E-state index contributed by atoms with van der Waals surface area (Å²) in [6.45, 7) is 5.59. The van der Waals surface area contributed by atoms with Crippen LogP contribution in [-0.4, -0.2) is 51.4 Å². The molecule has 1 heterocycles. The zero-order valence-electron chi connectivity index (χ0n) is 17.4. The average molecular weight is 436 g/mol. The SMILES string of the molecule is COC(=O)c1c(C)[nH]c(C(=O)COC(=O)CNS(=O)(=O)c2ccc(C)c(C)c2)c1C. The zero-order chi connectivity index (χ0) is 22.6. The molecule has 0 saturated heterocycles. The van der Waals surface area contributed by atoms with Gasteiger partial charge in [0, 0.05) is 5.69 Å². The van der Waals surface area contributed by atoms with Crippen molar-refractivity contribution in [3.63, 3.8) is 0 Å². The predicted molar refractivity (Wildman–Crippen MR) is 108 cm³/mol. The van der Waals surface area contributed by atoms with E-state index >= 15 is 0 Å². The van der Waals surface area contributed by atoms with Crippen molar-refractivity contribution in [2.75, 3.05) is 20.3 Å². The lowest BCUT2D eigenvalue weighted by Gasteiger charge is -2.09. The highest BCUT2D eigenvalue weighted by Gasteiger charge is 2.23. The van der Waals surface area contributed by atoms with Crippen LogP contribution in [0.2, 0.25) is 0 Å². The van der Waals surface area contributed by atoms with E-state index in [1.165, 1.54) is 19.2 Å². The standard InChI is InChI=1S/C20H24N2O7S/c1-11-6-7-15(8-12(11)2)30(26,27)21-9-17(24)29-10-16(23)19-13(3)18(14(4)22-19)20(25)28-5/h6-8,21-22H,9-10H2,1-5H3. The van der Waals surface area contributed by atoms with Gasteiger partial charge in [0.05, 0.1) is 23.3 Å². The van der Waals surface area contributed by atoms with Crippen LogP contribution in [0, 0.1) is 27.7 Å². The van der Waals surface area contributed by atoms with Crippen molar-refractivity contribution < 1.29 is 32.3 Å². The number of nitrogens with one attached hydrogen (secondary N) is 2. The quantitative estimate of drug-likeness (QED) is 0.476. The van der Waals surface area contributed by atoms with Crippen LogP contribution in [0.25, 0.3) is 0 Å². The second kappa shape index (κ2) is 9.23. The van der Waals surface area contributed by atoms with Crippen LogP contribution in [0.15, 0.2) is 23.1 Å². The summed E-state index contributed by atoms with van der Waals surface area (Å²) < 4.78 is 36.3. The number of aryl methyl sites for hydroxylation is 3. The van der Waals surface area contributed by atoms with E-state index in [0.29, 0.717) is 11.3 Å². The molecule has 0 fully saturated rings. The molecule has 162 valence electrons. The number of rotatable bonds is 8. The van der Waals surface area contributed by atoms with E-state index in [4.69, 9.17) is 4.74 Å². The molecular weight excluding hydrogens is 412 g/mol. The second-order valence-electron chi connectivity index (χ2n) is 6.77. The number of esters is 2. The number of methoxy groups -OCH3 is 1. The molecule has 0 aliphatic rings. The highest BCUT2D eigenvalue weighted by atomic mass is 32.2. The molecular formula is C20H24N2O7S. The van der Waals surface area contributed by atoms with Crippen LogP contribution in [0.5, 0.6) is 0 Å². The molecule has 0 atom stereocenters. The molecule has 2 rings (SSSR count). The van der Waals surface area contributed by atoms with E-state index in [-0.39, 0.29) is 16.2 Å². The maximum Gasteiger partial charge on any atom is 0.339 e. The van der Waals surface area contributed by atoms with Crippen LogP contribution in [0.1, 0.15) is 43.2 Å². The van der Waals surface area contributed by atoms with E-state index in [9.17, 15) is 22.8 Å². The number of sulfonamides is 1. The third-order valence-electron chi connectivity index (χ3n) is 4.67. The molecule has 0 amide bonds. The maximum absolute atomic E-state index is 12.3. The van der Waals surface area contributed by atoms with Gasteiger partial charge in [-0.05, 0) is 56.5 Å². The summed E-state index contributed by atoms with van der Waals surface area (Å²) in [6, 6.07) is 4.61. The zero-order valence-corrected chi connectivity index (χ0v) is 18.2. The minimum absolute atomic E-state index is 0.0299. The number of hydrogen-bond donors (Lipinski definition) is 2. The van der Waals surface area contributed by atoms with Gasteiger partial charge in [0.2, 0.25) is 15.8 Å². The van der Waals surface area contributed by atoms with Crippen LogP contribution >= 0.6 is 0 Å². The lowest BCUT2D eigenvalue weighted by Crippen LogP contribution is -2.31. The van der Waals surface area contributed by atoms with E-state index in [1.54, 1.807) is 26.8 Å². The first-order chi connectivity index (χ1) is 14.0. The Balaban J connectivity index is 1.97. The topological polar surface area (TPSA) is 132 Å². The number of hydrogen-bond acceptors (Lipinski definition) is 7. The minimum Gasteiger partial charge on any atom is -0.465 e. The Hall–Kier alpha value is -2.98. The highest BCUT2D eigenvalue weighted by molar-refractivity contribution is 7.89. The maximum atomic E-state index is 12.3. The molecule has 2 aromatic rings. The first-order valence-corrected chi connectivity index (χ1v) is 10.5. The van der Waals surface area contributed by atoms with Crippen molar-refractivity contribution in [3.05, 3.63) is 51.8 Å². The monoisotopic (exact) mass is 436 g/mol. The van der Waals surface area contributed by atoms with Gasteiger partial charge in [-0.3, -0.25) is 9.59 Å². The first-order valence-electron chi connectivity index (χ1n) is 9.01. The lowest BCUT2D eigenvalue weighted by molar-refractivity contribution is -0.141. The Kier molecular flexibility index (Phi) is 7.16. The van der Waals surface area contributed by atoms with Crippen molar-refractivity contribution >= 4 is 27.7 Å². The predicted octanol–water partition coefficient (Wildman–Crippen LogP) is 1.74. The van der Waals surface area contributed by atoms with Gasteiger partial charge in [0.15, 0.2) is 6.61 Å². The Morgan fingerprint density at radius 1 is 1.07 bits per heavy atom. The van der Waals surface area contributed by atoms with Gasteiger partial charge < -0.3 is 14.5 Å². The third-order valence-corrected chi connectivity index (χ3v) is 6.06. The van der Waals surface area contributed by atoms with Gasteiger partial charge in [-0.25, -0.2) is 13.2 Å². The molecule has 0 unspecified atom stereocenters. The summed E-state index contributed by atoms with van der Waals surface area (Å²) in [5.74, 6) is -2.06. The van der Waals surface area contributed by atoms with Crippen LogP contribution in [-0.2, 0) is 24.3 Å². The lowest BCUT2D eigenvalue weighted by atomic mass is 10.1. The number of Topliss-reactive ketones (excluding diaryl/α,β-unsaturated/α-hetero) is 1. The van der Waals surface area contributed by atoms with Crippen molar-refractivity contribution in [2.45, 2.75) is 32.6 Å². The van der Waals surface area contributed by atoms with Crippen molar-refractivity contribution in [3.8, 4) is 0 Å². The van der Waals surface area contributed by atoms with E-state index in [0.717, 1.165) is 11.1 Å². The Morgan fingerprint density at radius 3 is 2.33 bits per heavy atom. The first kappa shape index (κ1) is 23.3. The fourth-order valence-corrected chi connectivity index (χ4v) is 3.88. The molecule has 0 bridgehead atoms. The summed E-state index contributed by atoms with van der Waals surface area (Å²) in [6.07, 6.45) is 0. The number of H-pyrrole nitrogens is 1. The fraction of sp³-hybridized carbons (Fsp3) is 0.350. The van der Waals surface area contributed by atoms with Gasteiger partial charge in [0.1, 0.15) is 6.54 Å². The average Bonchev–Trinajstić information content (AvgIpc) is 3.00. The molecule has 2 N–H and O–H groups in total. The highest BCUT2D eigenvalue weighted by Crippen LogP contribution is 2.19. The van der Waals surface area contributed by atoms with Gasteiger partial charge in [-0.15, -0.1) is 0 Å². The van der Waals surface area contributed by atoms with E-state index in [2.05, 4.69) is 14.4 Å². The molecule has 0 saturated carbocycles. The smallest absolute Gasteiger partial charge is 0.339 e. The third kappa shape index (κ3) is 5.14. The number of aromatic nitrogens is 1. The van der Waals surface area contributed by atoms with Crippen molar-refractivity contribution in [1.82, 2.24) is 9.71 Å². The summed E-state index contributed by atoms with van der Waals surface area (Å²) >= 11 is 0. The summed E-state index contributed by atoms with van der Waals surface area (Å²) in [5, 5.41) is 0. The summed E-state index contributed by atoms with van der Waals surface area (Å²) in [7, 11) is -2.67. The van der Waals surface area contributed by atoms with Gasteiger partial charge in [-0.2, -0.15) is 4.72 Å². The van der Waals surface area contributed by atoms with E-state index < -0.39 is 40.9 Å². The molecule has 0 spiro atoms. The van der Waals surface area contributed by atoms with Gasteiger partial charge in [0.25, 0.3) is 0 Å². The molecule has 10 heteroatoms. The van der Waals surface area contributed by atoms with Gasteiger partial charge in [-0.1, -0.05) is 6.07 Å². The molecule has 1 aromatic carbocycles. The molecule has 0 radical (unpaired) electrons. The van der Waals surface area contributed by atoms with Crippen LogP contribution < -0.4 is 4.72 Å². The molecule has 30 heavy (non-hydrogen) atoms. The summed E-state index contributed by atoms with van der Waals surface area (Å²) in [5.41, 5.74) is 2.95. The molecule has 9 nitrogen and oxygen atoms in total. The second-order valence-corrected chi connectivity index (χ2v) is 8.54. The number of aromatic amines is 1.